The maximum absolute atomic E-state index is 5.50. The molecule has 0 saturated carbocycles. The first-order valence-electron chi connectivity index (χ1n) is 16.1. The van der Waals surface area contributed by atoms with Crippen LogP contribution in [0.3, 0.4) is 0 Å². The Balaban J connectivity index is 1.32. The third kappa shape index (κ3) is 2.87. The molecule has 0 saturated heterocycles. The molecule has 0 bridgehead atoms. The van der Waals surface area contributed by atoms with Crippen LogP contribution in [0.4, 0.5) is 0 Å². The Kier molecular flexibility index (Phi) is 4.36. The summed E-state index contributed by atoms with van der Waals surface area (Å²) in [6, 6.07) is 51.3. The molecule has 0 N–H and O–H groups in total. The van der Waals surface area contributed by atoms with Gasteiger partial charge in [0.2, 0.25) is 0 Å². The summed E-state index contributed by atoms with van der Waals surface area (Å²) >= 11 is 1.85. The van der Waals surface area contributed by atoms with Crippen LogP contribution < -0.4 is 0 Å². The number of hydrogen-bond acceptors (Lipinski definition) is 2. The highest BCUT2D eigenvalue weighted by molar-refractivity contribution is 7.26. The van der Waals surface area contributed by atoms with Crippen LogP contribution in [0.2, 0.25) is 0 Å². The summed E-state index contributed by atoms with van der Waals surface area (Å²) in [5.74, 6) is 0. The van der Waals surface area contributed by atoms with E-state index in [-0.39, 0.29) is 0 Å². The highest BCUT2D eigenvalue weighted by Crippen LogP contribution is 2.50. The van der Waals surface area contributed by atoms with Gasteiger partial charge in [0.25, 0.3) is 0 Å². The van der Waals surface area contributed by atoms with E-state index in [0.29, 0.717) is 0 Å². The fourth-order valence-corrected chi connectivity index (χ4v) is 9.69. The Morgan fingerprint density at radius 3 is 1.98 bits per heavy atom. The first-order valence-corrected chi connectivity index (χ1v) is 16.9. The van der Waals surface area contributed by atoms with Crippen LogP contribution in [0, 0.1) is 0 Å². The third-order valence-electron chi connectivity index (χ3n) is 10.4. The van der Waals surface area contributed by atoms with E-state index in [4.69, 9.17) is 4.98 Å². The monoisotopic (exact) mass is 613 g/mol. The molecule has 0 spiro atoms. The second kappa shape index (κ2) is 8.43. The van der Waals surface area contributed by atoms with Gasteiger partial charge >= 0.3 is 0 Å². The van der Waals surface area contributed by atoms with Crippen molar-refractivity contribution in [2.45, 2.75) is 0 Å². The standard InChI is InChI=1S/C43H23N3S/c1-2-11-25-24(10-1)26-16-9-17-30-34(21-20-27(25)38(26)30)45-33-18-7-5-14-31(33)42-41(45)28-12-3-4-13-29(28)43-44-40-35(46(42)43)22-23-37-39(40)32-15-6-8-19-36(32)47-37/h1-23H. The molecule has 216 valence electrons. The predicted octanol–water partition coefficient (Wildman–Crippen LogP) is 11.9. The van der Waals surface area contributed by atoms with Crippen LogP contribution in [0.5, 0.6) is 0 Å². The van der Waals surface area contributed by atoms with Gasteiger partial charge < -0.3 is 4.57 Å². The molecule has 4 heterocycles. The van der Waals surface area contributed by atoms with Gasteiger partial charge in [-0.2, -0.15) is 0 Å². The van der Waals surface area contributed by atoms with Gasteiger partial charge in [-0.25, -0.2) is 4.98 Å². The van der Waals surface area contributed by atoms with Gasteiger partial charge in [0.15, 0.2) is 0 Å². The fourth-order valence-electron chi connectivity index (χ4n) is 8.58. The van der Waals surface area contributed by atoms with Crippen LogP contribution in [0.15, 0.2) is 140 Å². The second-order valence-corrected chi connectivity index (χ2v) is 13.8. The zero-order valence-electron chi connectivity index (χ0n) is 25.0. The van der Waals surface area contributed by atoms with Crippen molar-refractivity contribution in [2.24, 2.45) is 0 Å². The van der Waals surface area contributed by atoms with Gasteiger partial charge in [-0.3, -0.25) is 4.40 Å². The molecule has 0 fully saturated rings. The maximum Gasteiger partial charge on any atom is 0.146 e. The van der Waals surface area contributed by atoms with E-state index >= 15 is 0 Å². The quantitative estimate of drug-likeness (QED) is 0.181. The fraction of sp³-hybridized carbons (Fsp3) is 0. The molecular weight excluding hydrogens is 591 g/mol. The Labute approximate surface area is 272 Å². The van der Waals surface area contributed by atoms with Crippen molar-refractivity contribution in [3.05, 3.63) is 140 Å². The summed E-state index contributed by atoms with van der Waals surface area (Å²) in [6.45, 7) is 0. The normalized spacial score (nSPS) is 12.7. The molecule has 0 amide bonds. The Bertz CT molecular complexity index is 3160. The van der Waals surface area contributed by atoms with E-state index in [1.807, 2.05) is 11.3 Å². The molecule has 4 heteroatoms. The van der Waals surface area contributed by atoms with Gasteiger partial charge in [0.1, 0.15) is 5.65 Å². The van der Waals surface area contributed by atoms with Crippen molar-refractivity contribution in [2.75, 3.05) is 0 Å². The van der Waals surface area contributed by atoms with Gasteiger partial charge in [-0.1, -0.05) is 109 Å². The Morgan fingerprint density at radius 2 is 1.11 bits per heavy atom. The molecule has 0 radical (unpaired) electrons. The zero-order chi connectivity index (χ0) is 30.4. The largest absolute Gasteiger partial charge is 0.306 e. The molecule has 1 aliphatic carbocycles. The summed E-state index contributed by atoms with van der Waals surface area (Å²) in [6.07, 6.45) is 0. The highest BCUT2D eigenvalue weighted by Gasteiger charge is 2.26. The lowest BCUT2D eigenvalue weighted by Gasteiger charge is -2.15. The summed E-state index contributed by atoms with van der Waals surface area (Å²) in [7, 11) is 0. The number of fused-ring (bicyclic) bond motifs is 17. The van der Waals surface area contributed by atoms with Crippen molar-refractivity contribution >= 4 is 91.7 Å². The summed E-state index contributed by atoms with van der Waals surface area (Å²) < 4.78 is 7.53. The van der Waals surface area contributed by atoms with Crippen LogP contribution >= 0.6 is 11.3 Å². The molecule has 4 aromatic heterocycles. The van der Waals surface area contributed by atoms with Crippen LogP contribution in [-0.4, -0.2) is 14.0 Å². The SMILES string of the molecule is c1ccc2c(c1)-c1cccc3c(-n4c5ccccc5c5c4c4ccccc4c4nc6c7c(ccc6n45)sc4ccccc47)ccc-2c13. The van der Waals surface area contributed by atoms with Gasteiger partial charge in [-0.05, 0) is 58.0 Å². The zero-order valence-corrected chi connectivity index (χ0v) is 25.8. The predicted molar refractivity (Wildman–Crippen MR) is 199 cm³/mol. The smallest absolute Gasteiger partial charge is 0.146 e. The van der Waals surface area contributed by atoms with E-state index < -0.39 is 0 Å². The van der Waals surface area contributed by atoms with Gasteiger partial charge in [0, 0.05) is 41.7 Å². The second-order valence-electron chi connectivity index (χ2n) is 12.7. The number of para-hydroxylation sites is 1. The molecule has 11 aromatic rings. The van der Waals surface area contributed by atoms with E-state index in [9.17, 15) is 0 Å². The van der Waals surface area contributed by atoms with Gasteiger partial charge in [-0.15, -0.1) is 11.3 Å². The van der Waals surface area contributed by atoms with Crippen molar-refractivity contribution in [3.63, 3.8) is 0 Å². The minimum absolute atomic E-state index is 1.00. The van der Waals surface area contributed by atoms with E-state index in [1.54, 1.807) is 0 Å². The number of thiophene rings is 1. The molecule has 1 aliphatic rings. The lowest BCUT2D eigenvalue weighted by atomic mass is 10.0. The lowest BCUT2D eigenvalue weighted by molar-refractivity contribution is 1.20. The average molecular weight is 614 g/mol. The van der Waals surface area contributed by atoms with E-state index in [0.717, 1.165) is 22.1 Å². The van der Waals surface area contributed by atoms with Gasteiger partial charge in [0.05, 0.1) is 33.3 Å². The molecule has 7 aromatic carbocycles. The van der Waals surface area contributed by atoms with Crippen molar-refractivity contribution in [1.82, 2.24) is 14.0 Å². The van der Waals surface area contributed by atoms with Crippen molar-refractivity contribution < 1.29 is 0 Å². The highest BCUT2D eigenvalue weighted by atomic mass is 32.1. The number of imidazole rings is 1. The third-order valence-corrected chi connectivity index (χ3v) is 11.6. The average Bonchev–Trinajstić information content (AvgIpc) is 3.87. The van der Waals surface area contributed by atoms with Crippen LogP contribution in [0.1, 0.15) is 0 Å². The number of rotatable bonds is 1. The molecule has 47 heavy (non-hydrogen) atoms. The minimum atomic E-state index is 1.00. The summed E-state index contributed by atoms with van der Waals surface area (Å²) in [5, 5.41) is 8.72. The summed E-state index contributed by atoms with van der Waals surface area (Å²) in [4.78, 5) is 5.50. The van der Waals surface area contributed by atoms with E-state index in [1.165, 1.54) is 86.2 Å². The number of hydrogen-bond donors (Lipinski definition) is 0. The van der Waals surface area contributed by atoms with E-state index in [2.05, 4.69) is 148 Å². The number of pyridine rings is 1. The minimum Gasteiger partial charge on any atom is -0.306 e. The molecule has 3 nitrogen and oxygen atoms in total. The molecule has 0 aliphatic heterocycles. The van der Waals surface area contributed by atoms with Crippen molar-refractivity contribution in [1.29, 1.82) is 0 Å². The maximum atomic E-state index is 5.50. The van der Waals surface area contributed by atoms with Crippen LogP contribution in [-0.2, 0) is 0 Å². The van der Waals surface area contributed by atoms with Crippen molar-refractivity contribution in [3.8, 4) is 27.9 Å². The molecular formula is C43H23N3S. The Hall–Kier alpha value is -5.97. The number of aromatic nitrogens is 3. The topological polar surface area (TPSA) is 22.2 Å². The molecule has 12 rings (SSSR count). The lowest BCUT2D eigenvalue weighted by Crippen LogP contribution is -1.98. The molecule has 0 unspecified atom stereocenters. The first-order chi connectivity index (χ1) is 23.3. The first kappa shape index (κ1) is 24.3. The Morgan fingerprint density at radius 1 is 0.426 bits per heavy atom. The summed E-state index contributed by atoms with van der Waals surface area (Å²) in [5.41, 5.74) is 13.3. The number of benzene rings is 7. The van der Waals surface area contributed by atoms with Crippen LogP contribution in [0.25, 0.3) is 108 Å². The number of nitrogens with zero attached hydrogens (tertiary/aromatic N) is 3. The molecule has 0 atom stereocenters.